The number of aromatic nitrogens is 1. The standard InChI is InChI=1S/C13H18ClN3O/c14-12-9-15-5-4-11(12)8-16-10-13(18)17-6-2-1-3-7-17/h4-5,9,16H,1-3,6-8,10H2. The smallest absolute Gasteiger partial charge is 0.236 e. The molecule has 0 atom stereocenters. The molecule has 1 fully saturated rings. The molecular weight excluding hydrogens is 250 g/mol. The summed E-state index contributed by atoms with van der Waals surface area (Å²) in [5.41, 5.74) is 0.970. The molecule has 1 aromatic rings. The zero-order valence-electron chi connectivity index (χ0n) is 10.4. The number of hydrogen-bond acceptors (Lipinski definition) is 3. The highest BCUT2D eigenvalue weighted by molar-refractivity contribution is 6.31. The second kappa shape index (κ2) is 6.71. The average molecular weight is 268 g/mol. The summed E-state index contributed by atoms with van der Waals surface area (Å²) in [6.07, 6.45) is 6.81. The Bertz CT molecular complexity index is 405. The summed E-state index contributed by atoms with van der Waals surface area (Å²) in [6, 6.07) is 1.86. The lowest BCUT2D eigenvalue weighted by atomic mass is 10.1. The SMILES string of the molecule is O=C(CNCc1ccncc1Cl)N1CCCCC1. The lowest BCUT2D eigenvalue weighted by Crippen LogP contribution is -2.40. The van der Waals surface area contributed by atoms with Gasteiger partial charge in [-0.2, -0.15) is 0 Å². The molecule has 0 radical (unpaired) electrons. The van der Waals surface area contributed by atoms with Crippen LogP contribution in [0.3, 0.4) is 0 Å². The van der Waals surface area contributed by atoms with Crippen molar-refractivity contribution in [1.29, 1.82) is 0 Å². The number of carbonyl (C=O) groups is 1. The molecular formula is C13H18ClN3O. The number of hydrogen-bond donors (Lipinski definition) is 1. The molecule has 5 heteroatoms. The van der Waals surface area contributed by atoms with Crippen LogP contribution < -0.4 is 5.32 Å². The van der Waals surface area contributed by atoms with Gasteiger partial charge in [-0.05, 0) is 30.9 Å². The first kappa shape index (κ1) is 13.3. The molecule has 0 saturated carbocycles. The third kappa shape index (κ3) is 3.68. The second-order valence-electron chi connectivity index (χ2n) is 4.51. The molecule has 0 aromatic carbocycles. The summed E-state index contributed by atoms with van der Waals surface area (Å²) in [5, 5.41) is 3.77. The van der Waals surface area contributed by atoms with Gasteiger partial charge in [0.1, 0.15) is 0 Å². The minimum absolute atomic E-state index is 0.180. The van der Waals surface area contributed by atoms with E-state index in [-0.39, 0.29) is 5.91 Å². The number of likely N-dealkylation sites (tertiary alicyclic amines) is 1. The van der Waals surface area contributed by atoms with Crippen molar-refractivity contribution in [3.63, 3.8) is 0 Å². The Kier molecular flexibility index (Phi) is 4.96. The fourth-order valence-electron chi connectivity index (χ4n) is 2.11. The maximum absolute atomic E-state index is 11.9. The molecule has 1 amide bonds. The van der Waals surface area contributed by atoms with Gasteiger partial charge < -0.3 is 10.2 Å². The molecule has 98 valence electrons. The van der Waals surface area contributed by atoms with Crippen LogP contribution in [0.2, 0.25) is 5.02 Å². The van der Waals surface area contributed by atoms with Crippen molar-refractivity contribution in [2.75, 3.05) is 19.6 Å². The Morgan fingerprint density at radius 2 is 2.17 bits per heavy atom. The second-order valence-corrected chi connectivity index (χ2v) is 4.92. The molecule has 18 heavy (non-hydrogen) atoms. The van der Waals surface area contributed by atoms with Crippen LogP contribution in [-0.2, 0) is 11.3 Å². The van der Waals surface area contributed by atoms with E-state index in [9.17, 15) is 4.79 Å². The Morgan fingerprint density at radius 3 is 2.89 bits per heavy atom. The first-order valence-corrected chi connectivity index (χ1v) is 6.72. The largest absolute Gasteiger partial charge is 0.342 e. The summed E-state index contributed by atoms with van der Waals surface area (Å²) >= 11 is 5.99. The van der Waals surface area contributed by atoms with E-state index in [4.69, 9.17) is 11.6 Å². The summed E-state index contributed by atoms with van der Waals surface area (Å²) in [4.78, 5) is 17.8. The minimum atomic E-state index is 0.180. The summed E-state index contributed by atoms with van der Waals surface area (Å²) in [6.45, 7) is 2.77. The van der Waals surface area contributed by atoms with Crippen molar-refractivity contribution in [2.24, 2.45) is 0 Å². The van der Waals surface area contributed by atoms with Gasteiger partial charge in [0, 0.05) is 32.0 Å². The maximum Gasteiger partial charge on any atom is 0.236 e. The zero-order valence-corrected chi connectivity index (χ0v) is 11.1. The predicted molar refractivity (Wildman–Crippen MR) is 71.4 cm³/mol. The van der Waals surface area contributed by atoms with Crippen molar-refractivity contribution in [1.82, 2.24) is 15.2 Å². The van der Waals surface area contributed by atoms with Crippen molar-refractivity contribution < 1.29 is 4.79 Å². The van der Waals surface area contributed by atoms with Crippen molar-refractivity contribution >= 4 is 17.5 Å². The van der Waals surface area contributed by atoms with Crippen LogP contribution in [0, 0.1) is 0 Å². The summed E-state index contributed by atoms with van der Waals surface area (Å²) < 4.78 is 0. The van der Waals surface area contributed by atoms with Gasteiger partial charge in [-0.15, -0.1) is 0 Å². The summed E-state index contributed by atoms with van der Waals surface area (Å²) in [5.74, 6) is 0.180. The van der Waals surface area contributed by atoms with E-state index in [1.807, 2.05) is 11.0 Å². The fourth-order valence-corrected chi connectivity index (χ4v) is 2.29. The molecule has 0 aliphatic carbocycles. The maximum atomic E-state index is 11.9. The van der Waals surface area contributed by atoms with Gasteiger partial charge in [0.2, 0.25) is 5.91 Å². The average Bonchev–Trinajstić information content (AvgIpc) is 2.42. The highest BCUT2D eigenvalue weighted by atomic mass is 35.5. The van der Waals surface area contributed by atoms with Crippen LogP contribution >= 0.6 is 11.6 Å². The number of nitrogens with one attached hydrogen (secondary N) is 1. The van der Waals surface area contributed by atoms with E-state index < -0.39 is 0 Å². The quantitative estimate of drug-likeness (QED) is 0.905. The Hall–Kier alpha value is -1.13. The fraction of sp³-hybridized carbons (Fsp3) is 0.538. The van der Waals surface area contributed by atoms with Crippen LogP contribution in [-0.4, -0.2) is 35.4 Å². The van der Waals surface area contributed by atoms with Crippen LogP contribution in [0.5, 0.6) is 0 Å². The number of piperidine rings is 1. The van der Waals surface area contributed by atoms with E-state index in [1.54, 1.807) is 12.4 Å². The number of amides is 1. The molecule has 1 saturated heterocycles. The van der Waals surface area contributed by atoms with Gasteiger partial charge in [0.05, 0.1) is 11.6 Å². The topological polar surface area (TPSA) is 45.2 Å². The third-order valence-electron chi connectivity index (χ3n) is 3.16. The molecule has 1 aliphatic rings. The molecule has 0 bridgehead atoms. The highest BCUT2D eigenvalue weighted by Crippen LogP contribution is 2.12. The Morgan fingerprint density at radius 1 is 1.39 bits per heavy atom. The van der Waals surface area contributed by atoms with E-state index in [1.165, 1.54) is 6.42 Å². The number of nitrogens with zero attached hydrogens (tertiary/aromatic N) is 2. The van der Waals surface area contributed by atoms with Crippen LogP contribution in [0.15, 0.2) is 18.5 Å². The van der Waals surface area contributed by atoms with Gasteiger partial charge in [-0.3, -0.25) is 9.78 Å². The lowest BCUT2D eigenvalue weighted by Gasteiger charge is -2.26. The van der Waals surface area contributed by atoms with Gasteiger partial charge in [0.25, 0.3) is 0 Å². The minimum Gasteiger partial charge on any atom is -0.342 e. The van der Waals surface area contributed by atoms with Gasteiger partial charge in [0.15, 0.2) is 0 Å². The third-order valence-corrected chi connectivity index (χ3v) is 3.50. The number of halogens is 1. The molecule has 2 heterocycles. The van der Waals surface area contributed by atoms with E-state index in [0.29, 0.717) is 18.1 Å². The molecule has 4 nitrogen and oxygen atoms in total. The van der Waals surface area contributed by atoms with Crippen molar-refractivity contribution in [3.8, 4) is 0 Å². The Labute approximate surface area is 112 Å². The number of rotatable bonds is 4. The van der Waals surface area contributed by atoms with Crippen LogP contribution in [0.4, 0.5) is 0 Å². The normalized spacial score (nSPS) is 15.7. The van der Waals surface area contributed by atoms with Crippen molar-refractivity contribution in [3.05, 3.63) is 29.0 Å². The zero-order chi connectivity index (χ0) is 12.8. The number of carbonyl (C=O) groups excluding carboxylic acids is 1. The van der Waals surface area contributed by atoms with E-state index >= 15 is 0 Å². The van der Waals surface area contributed by atoms with Gasteiger partial charge >= 0.3 is 0 Å². The van der Waals surface area contributed by atoms with Crippen molar-refractivity contribution in [2.45, 2.75) is 25.8 Å². The molecule has 1 N–H and O–H groups in total. The first-order valence-electron chi connectivity index (χ1n) is 6.34. The first-order chi connectivity index (χ1) is 8.77. The lowest BCUT2D eigenvalue weighted by molar-refractivity contribution is -0.131. The predicted octanol–water partition coefficient (Wildman–Crippen LogP) is 1.84. The van der Waals surface area contributed by atoms with Crippen LogP contribution in [0.1, 0.15) is 24.8 Å². The van der Waals surface area contributed by atoms with Gasteiger partial charge in [-0.25, -0.2) is 0 Å². The molecule has 0 unspecified atom stereocenters. The number of pyridine rings is 1. The van der Waals surface area contributed by atoms with E-state index in [2.05, 4.69) is 10.3 Å². The van der Waals surface area contributed by atoms with E-state index in [0.717, 1.165) is 31.5 Å². The van der Waals surface area contributed by atoms with Crippen LogP contribution in [0.25, 0.3) is 0 Å². The molecule has 1 aliphatic heterocycles. The molecule has 0 spiro atoms. The molecule has 1 aromatic heterocycles. The Balaban J connectivity index is 1.75. The van der Waals surface area contributed by atoms with Gasteiger partial charge in [-0.1, -0.05) is 11.6 Å². The molecule has 2 rings (SSSR count). The summed E-state index contributed by atoms with van der Waals surface area (Å²) in [7, 11) is 0. The monoisotopic (exact) mass is 267 g/mol. The highest BCUT2D eigenvalue weighted by Gasteiger charge is 2.15.